The Morgan fingerprint density at radius 2 is 1.68 bits per heavy atom. The number of benzene rings is 2. The molecule has 154 valence electrons. The first-order chi connectivity index (χ1) is 15.3. The van der Waals surface area contributed by atoms with Crippen LogP contribution in [0, 0.1) is 0 Å². The highest BCUT2D eigenvalue weighted by Crippen LogP contribution is 2.24. The lowest BCUT2D eigenvalue weighted by atomic mass is 10.1. The van der Waals surface area contributed by atoms with Gasteiger partial charge in [0.25, 0.3) is 5.91 Å². The number of hydrogen-bond acceptors (Lipinski definition) is 6. The molecule has 5 rings (SSSR count). The highest BCUT2D eigenvalue weighted by Gasteiger charge is 2.16. The molecule has 0 radical (unpaired) electrons. The summed E-state index contributed by atoms with van der Waals surface area (Å²) in [5, 5.41) is 15.5. The Balaban J connectivity index is 1.30. The molecule has 0 aliphatic carbocycles. The smallest absolute Gasteiger partial charge is 0.277 e. The third kappa shape index (κ3) is 4.16. The molecule has 0 atom stereocenters. The molecule has 3 heterocycles. The minimum absolute atomic E-state index is 0.221. The van der Waals surface area contributed by atoms with Gasteiger partial charge in [0.05, 0.1) is 5.69 Å². The number of amides is 1. The molecule has 1 amide bonds. The second-order valence-corrected chi connectivity index (χ2v) is 7.45. The molecule has 7 nitrogen and oxygen atoms in total. The number of aromatic nitrogens is 3. The molecule has 1 aliphatic heterocycles. The number of nitrogens with one attached hydrogen (secondary N) is 1. The van der Waals surface area contributed by atoms with Crippen molar-refractivity contribution in [2.75, 3.05) is 23.3 Å². The van der Waals surface area contributed by atoms with Gasteiger partial charge in [-0.15, -0.1) is 10.2 Å². The summed E-state index contributed by atoms with van der Waals surface area (Å²) in [7, 11) is 0. The van der Waals surface area contributed by atoms with E-state index in [4.69, 9.17) is 4.52 Å². The zero-order valence-electron chi connectivity index (χ0n) is 16.9. The average Bonchev–Trinajstić information content (AvgIpc) is 3.53. The molecule has 1 fully saturated rings. The van der Waals surface area contributed by atoms with E-state index < -0.39 is 0 Å². The number of rotatable bonds is 5. The van der Waals surface area contributed by atoms with Crippen LogP contribution in [0.2, 0.25) is 0 Å². The number of hydrogen-bond donors (Lipinski definition) is 1. The molecule has 1 N–H and O–H groups in total. The normalized spacial score (nSPS) is 13.4. The first-order valence-electron chi connectivity index (χ1n) is 10.3. The number of anilines is 2. The second-order valence-electron chi connectivity index (χ2n) is 7.45. The van der Waals surface area contributed by atoms with Crippen LogP contribution in [0.3, 0.4) is 0 Å². The minimum Gasteiger partial charge on any atom is -0.355 e. The van der Waals surface area contributed by atoms with Crippen molar-refractivity contribution in [1.29, 1.82) is 0 Å². The van der Waals surface area contributed by atoms with Crippen LogP contribution in [-0.4, -0.2) is 34.4 Å². The van der Waals surface area contributed by atoms with Crippen LogP contribution in [0.25, 0.3) is 22.6 Å². The van der Waals surface area contributed by atoms with Gasteiger partial charge in [-0.3, -0.25) is 4.79 Å². The Hall–Kier alpha value is -4.00. The molecule has 0 spiro atoms. The molecular weight excluding hydrogens is 390 g/mol. The van der Waals surface area contributed by atoms with E-state index in [0.29, 0.717) is 11.4 Å². The van der Waals surface area contributed by atoms with Crippen LogP contribution in [-0.2, 0) is 0 Å². The van der Waals surface area contributed by atoms with Gasteiger partial charge in [0.15, 0.2) is 17.3 Å². The lowest BCUT2D eigenvalue weighted by Gasteiger charge is -2.15. The van der Waals surface area contributed by atoms with Gasteiger partial charge in [0.2, 0.25) is 0 Å². The van der Waals surface area contributed by atoms with Crippen LogP contribution in [0.4, 0.5) is 11.5 Å². The first kappa shape index (κ1) is 19.0. The number of carbonyl (C=O) groups is 1. The summed E-state index contributed by atoms with van der Waals surface area (Å²) >= 11 is 0. The Labute approximate surface area is 179 Å². The summed E-state index contributed by atoms with van der Waals surface area (Å²) in [5.74, 6) is 1.12. The first-order valence-corrected chi connectivity index (χ1v) is 10.3. The van der Waals surface area contributed by atoms with Gasteiger partial charge in [0, 0.05) is 36.0 Å². The fourth-order valence-electron chi connectivity index (χ4n) is 3.67. The SMILES string of the molecule is O=C(Nc1cccc(-c2ccc(N3CCCC3)nn2)c1)c1cc(-c2ccccc2)on1. The Morgan fingerprint density at radius 1 is 0.871 bits per heavy atom. The maximum absolute atomic E-state index is 12.6. The van der Waals surface area contributed by atoms with Crippen molar-refractivity contribution in [3.63, 3.8) is 0 Å². The van der Waals surface area contributed by atoms with E-state index in [1.54, 1.807) is 6.07 Å². The molecule has 2 aromatic carbocycles. The fraction of sp³-hybridized carbons (Fsp3) is 0.167. The highest BCUT2D eigenvalue weighted by atomic mass is 16.5. The predicted octanol–water partition coefficient (Wildman–Crippen LogP) is 4.65. The maximum atomic E-state index is 12.6. The molecule has 0 unspecified atom stereocenters. The monoisotopic (exact) mass is 411 g/mol. The summed E-state index contributed by atoms with van der Waals surface area (Å²) in [6.07, 6.45) is 2.40. The fourth-order valence-corrected chi connectivity index (χ4v) is 3.67. The van der Waals surface area contributed by atoms with Gasteiger partial charge in [0.1, 0.15) is 0 Å². The van der Waals surface area contributed by atoms with Crippen molar-refractivity contribution in [2.24, 2.45) is 0 Å². The molecule has 31 heavy (non-hydrogen) atoms. The van der Waals surface area contributed by atoms with Gasteiger partial charge in [-0.05, 0) is 37.1 Å². The van der Waals surface area contributed by atoms with Gasteiger partial charge in [-0.1, -0.05) is 47.6 Å². The summed E-state index contributed by atoms with van der Waals surface area (Å²) in [6, 6.07) is 22.7. The summed E-state index contributed by atoms with van der Waals surface area (Å²) in [6.45, 7) is 2.06. The van der Waals surface area contributed by atoms with Crippen molar-refractivity contribution in [1.82, 2.24) is 15.4 Å². The van der Waals surface area contributed by atoms with Gasteiger partial charge < -0.3 is 14.7 Å². The minimum atomic E-state index is -0.335. The van der Waals surface area contributed by atoms with E-state index in [0.717, 1.165) is 35.7 Å². The third-order valence-electron chi connectivity index (χ3n) is 5.30. The quantitative estimate of drug-likeness (QED) is 0.515. The molecule has 0 saturated carbocycles. The number of nitrogens with zero attached hydrogens (tertiary/aromatic N) is 4. The lowest BCUT2D eigenvalue weighted by molar-refractivity contribution is 0.101. The van der Waals surface area contributed by atoms with E-state index in [2.05, 4.69) is 25.6 Å². The topological polar surface area (TPSA) is 84.2 Å². The molecular formula is C24H21N5O2. The van der Waals surface area contributed by atoms with E-state index in [-0.39, 0.29) is 11.6 Å². The standard InChI is InChI=1S/C24H21N5O2/c30-24(21-16-22(31-28-21)17-7-2-1-3-8-17)25-19-10-6-9-18(15-19)20-11-12-23(27-26-20)29-13-4-5-14-29/h1-3,6-12,15-16H,4-5,13-14H2,(H,25,30). The predicted molar refractivity (Wildman–Crippen MR) is 119 cm³/mol. The van der Waals surface area contributed by atoms with Crippen molar-refractivity contribution < 1.29 is 9.32 Å². The van der Waals surface area contributed by atoms with Crippen LogP contribution >= 0.6 is 0 Å². The summed E-state index contributed by atoms with van der Waals surface area (Å²) in [5.41, 5.74) is 3.37. The average molecular weight is 411 g/mol. The Morgan fingerprint density at radius 3 is 2.45 bits per heavy atom. The Bertz CT molecular complexity index is 1180. The van der Waals surface area contributed by atoms with E-state index in [1.807, 2.05) is 66.7 Å². The third-order valence-corrected chi connectivity index (χ3v) is 5.30. The van der Waals surface area contributed by atoms with Crippen molar-refractivity contribution >= 4 is 17.4 Å². The molecule has 1 saturated heterocycles. The van der Waals surface area contributed by atoms with E-state index in [9.17, 15) is 4.79 Å². The zero-order chi connectivity index (χ0) is 21.0. The lowest BCUT2D eigenvalue weighted by Crippen LogP contribution is -2.19. The van der Waals surface area contributed by atoms with Crippen LogP contribution in [0.15, 0.2) is 77.3 Å². The second kappa shape index (κ2) is 8.39. The van der Waals surface area contributed by atoms with Crippen molar-refractivity contribution in [2.45, 2.75) is 12.8 Å². The van der Waals surface area contributed by atoms with Crippen molar-refractivity contribution in [3.05, 3.63) is 78.5 Å². The van der Waals surface area contributed by atoms with Gasteiger partial charge in [-0.2, -0.15) is 0 Å². The van der Waals surface area contributed by atoms with E-state index >= 15 is 0 Å². The zero-order valence-corrected chi connectivity index (χ0v) is 16.9. The van der Waals surface area contributed by atoms with Crippen molar-refractivity contribution in [3.8, 4) is 22.6 Å². The van der Waals surface area contributed by atoms with Gasteiger partial charge >= 0.3 is 0 Å². The van der Waals surface area contributed by atoms with Gasteiger partial charge in [-0.25, -0.2) is 0 Å². The molecule has 7 heteroatoms. The molecule has 4 aromatic rings. The van der Waals surface area contributed by atoms with Crippen LogP contribution in [0.1, 0.15) is 23.3 Å². The molecule has 0 bridgehead atoms. The summed E-state index contributed by atoms with van der Waals surface area (Å²) < 4.78 is 5.32. The van der Waals surface area contributed by atoms with Crippen LogP contribution in [0.5, 0.6) is 0 Å². The molecule has 2 aromatic heterocycles. The van der Waals surface area contributed by atoms with E-state index in [1.165, 1.54) is 12.8 Å². The van der Waals surface area contributed by atoms with Crippen LogP contribution < -0.4 is 10.2 Å². The maximum Gasteiger partial charge on any atom is 0.277 e. The number of carbonyl (C=O) groups excluding carboxylic acids is 1. The largest absolute Gasteiger partial charge is 0.355 e. The summed E-state index contributed by atoms with van der Waals surface area (Å²) in [4.78, 5) is 14.9. The Kier molecular flexibility index (Phi) is 5.14. The highest BCUT2D eigenvalue weighted by molar-refractivity contribution is 6.03. The molecule has 1 aliphatic rings.